The van der Waals surface area contributed by atoms with E-state index in [2.05, 4.69) is 41.5 Å². The van der Waals surface area contributed by atoms with Gasteiger partial charge in [0, 0.05) is 38.5 Å². The van der Waals surface area contributed by atoms with Crippen molar-refractivity contribution in [2.24, 2.45) is 10.8 Å². The monoisotopic (exact) mass is 914 g/mol. The van der Waals surface area contributed by atoms with Crippen LogP contribution in [0.3, 0.4) is 0 Å². The lowest BCUT2D eigenvalue weighted by atomic mass is 9.79. The molecule has 8 rings (SSSR count). The van der Waals surface area contributed by atoms with Crippen LogP contribution in [0, 0.1) is 17.8 Å². The zero-order chi connectivity index (χ0) is 45.4. The highest BCUT2D eigenvalue weighted by Crippen LogP contribution is 2.59. The zero-order valence-electron chi connectivity index (χ0n) is 36.5. The summed E-state index contributed by atoms with van der Waals surface area (Å²) in [6.45, 7) is 8.33. The fraction of sp³-hybridized carbons (Fsp3) is 0.511. The van der Waals surface area contributed by atoms with E-state index in [0.29, 0.717) is 36.4 Å². The number of hydrogen-bond acceptors (Lipinski definition) is 13. The van der Waals surface area contributed by atoms with Gasteiger partial charge in [0.15, 0.2) is 0 Å². The number of carbonyl (C=O) groups is 4. The highest BCUT2D eigenvalue weighted by Gasteiger charge is 2.54. The smallest absolute Gasteiger partial charge is 0.276 e. The first-order valence-electron chi connectivity index (χ1n) is 21.8. The Balaban J connectivity index is 0.795. The van der Waals surface area contributed by atoms with E-state index >= 15 is 0 Å². The summed E-state index contributed by atoms with van der Waals surface area (Å²) in [6.07, 6.45) is 6.19. The van der Waals surface area contributed by atoms with Gasteiger partial charge in [0.05, 0.1) is 40.4 Å². The fourth-order valence-electron chi connectivity index (χ4n) is 9.03. The first-order chi connectivity index (χ1) is 30.5. The van der Waals surface area contributed by atoms with E-state index < -0.39 is 41.1 Å². The molecule has 0 bridgehead atoms. The molecule has 3 fully saturated rings. The Bertz CT molecular complexity index is 2470. The van der Waals surface area contributed by atoms with Crippen molar-refractivity contribution in [3.05, 3.63) is 80.6 Å². The maximum absolute atomic E-state index is 14.0. The molecule has 1 saturated heterocycles. The average Bonchev–Trinajstić information content (AvgIpc) is 3.52. The number of aryl methyl sites for hydroxylation is 1. The third-order valence-electron chi connectivity index (χ3n) is 12.9. The first kappa shape index (κ1) is 45.1. The minimum Gasteiger partial charge on any atom is -0.391 e. The van der Waals surface area contributed by atoms with Gasteiger partial charge in [-0.25, -0.2) is 15.0 Å². The third kappa shape index (κ3) is 9.65. The molecular weight excluding hydrogens is 860 g/mol. The number of aromatic nitrogens is 4. The van der Waals surface area contributed by atoms with Crippen LogP contribution in [-0.2, 0) is 31.3 Å². The number of pyridine rings is 1. The summed E-state index contributed by atoms with van der Waals surface area (Å²) in [7, 11) is 0. The second-order valence-corrected chi connectivity index (χ2v) is 19.8. The van der Waals surface area contributed by atoms with Gasteiger partial charge in [-0.2, -0.15) is 0 Å². The lowest BCUT2D eigenvalue weighted by Gasteiger charge is -2.38. The highest BCUT2D eigenvalue weighted by atomic mass is 35.5. The third-order valence-corrected chi connectivity index (χ3v) is 14.2. The molecule has 0 radical (unpaired) electrons. The Kier molecular flexibility index (Phi) is 12.9. The number of rotatable bonds is 15. The summed E-state index contributed by atoms with van der Waals surface area (Å²) in [5.74, 6) is -0.746. The van der Waals surface area contributed by atoms with Crippen LogP contribution in [0.4, 0.5) is 17.3 Å². The number of anilines is 3. The zero-order valence-corrected chi connectivity index (χ0v) is 38.0. The normalized spacial score (nSPS) is 19.8. The molecule has 17 nitrogen and oxygen atoms in total. The van der Waals surface area contributed by atoms with Crippen LogP contribution in [0.1, 0.15) is 93.9 Å². The van der Waals surface area contributed by atoms with Crippen LogP contribution in [0.25, 0.3) is 10.4 Å². The van der Waals surface area contributed by atoms with E-state index in [1.54, 1.807) is 17.4 Å². The van der Waals surface area contributed by atoms with Gasteiger partial charge in [-0.3, -0.25) is 28.5 Å². The van der Waals surface area contributed by atoms with Gasteiger partial charge in [-0.1, -0.05) is 56.6 Å². The summed E-state index contributed by atoms with van der Waals surface area (Å²) in [4.78, 5) is 82.8. The van der Waals surface area contributed by atoms with E-state index in [-0.39, 0.29) is 72.9 Å². The molecule has 6 N–H and O–H groups in total. The summed E-state index contributed by atoms with van der Waals surface area (Å²) in [6, 6.07) is 9.09. The molecule has 1 aromatic carbocycles. The number of fused-ring (bicyclic) bond motifs is 2. The van der Waals surface area contributed by atoms with Crippen LogP contribution >= 0.6 is 22.9 Å². The minimum atomic E-state index is -0.961. The minimum absolute atomic E-state index is 0.0164. The Morgan fingerprint density at radius 1 is 1.02 bits per heavy atom. The number of halogens is 1. The van der Waals surface area contributed by atoms with Crippen molar-refractivity contribution in [2.45, 2.75) is 109 Å². The number of benzene rings is 1. The fourth-order valence-corrected chi connectivity index (χ4v) is 10.1. The van der Waals surface area contributed by atoms with Crippen LogP contribution in [0.5, 0.6) is 0 Å². The second-order valence-electron chi connectivity index (χ2n) is 18.5. The van der Waals surface area contributed by atoms with Crippen LogP contribution < -0.4 is 32.1 Å². The number of carbonyl (C=O) groups excluding carboxylic acids is 4. The van der Waals surface area contributed by atoms with Gasteiger partial charge >= 0.3 is 0 Å². The predicted octanol–water partition coefficient (Wildman–Crippen LogP) is 4.85. The van der Waals surface area contributed by atoms with Gasteiger partial charge in [0.2, 0.25) is 17.7 Å². The topological polar surface area (TPSA) is 222 Å². The van der Waals surface area contributed by atoms with Crippen LogP contribution in [0.15, 0.2) is 53.0 Å². The van der Waals surface area contributed by atoms with Gasteiger partial charge in [-0.15, -0.1) is 11.3 Å². The summed E-state index contributed by atoms with van der Waals surface area (Å²) in [5.41, 5.74) is 3.58. The number of nitrogens with one attached hydrogen (secondary N) is 5. The van der Waals surface area contributed by atoms with Crippen molar-refractivity contribution in [1.29, 1.82) is 0 Å². The molecule has 4 aliphatic rings. The van der Waals surface area contributed by atoms with Crippen LogP contribution in [0.2, 0.25) is 5.02 Å². The Morgan fingerprint density at radius 3 is 2.42 bits per heavy atom. The number of amides is 4. The van der Waals surface area contributed by atoms with Gasteiger partial charge in [-0.05, 0) is 73.5 Å². The molecule has 4 amide bonds. The number of likely N-dealkylation sites (tertiary alicyclic amines) is 1. The molecule has 5 heterocycles. The predicted molar refractivity (Wildman–Crippen MR) is 242 cm³/mol. The molecule has 2 spiro atoms. The molecule has 3 atom stereocenters. The van der Waals surface area contributed by atoms with Crippen LogP contribution in [-0.4, -0.2) is 97.6 Å². The van der Waals surface area contributed by atoms with Crippen molar-refractivity contribution in [3.63, 3.8) is 0 Å². The van der Waals surface area contributed by atoms with E-state index in [1.807, 2.05) is 57.5 Å². The largest absolute Gasteiger partial charge is 0.391 e. The summed E-state index contributed by atoms with van der Waals surface area (Å²) < 4.78 is 7.27. The Morgan fingerprint density at radius 2 is 1.73 bits per heavy atom. The molecule has 4 aromatic rings. The summed E-state index contributed by atoms with van der Waals surface area (Å²) in [5, 5.41) is 25.8. The molecule has 2 aliphatic carbocycles. The van der Waals surface area contributed by atoms with E-state index in [9.17, 15) is 29.1 Å². The number of hydrogen-bond donors (Lipinski definition) is 6. The van der Waals surface area contributed by atoms with Crippen molar-refractivity contribution in [1.82, 2.24) is 40.4 Å². The van der Waals surface area contributed by atoms with Crippen molar-refractivity contribution in [2.75, 3.05) is 36.9 Å². The molecule has 340 valence electrons. The van der Waals surface area contributed by atoms with E-state index in [1.165, 1.54) is 34.7 Å². The van der Waals surface area contributed by atoms with Gasteiger partial charge < -0.3 is 41.3 Å². The van der Waals surface area contributed by atoms with Crippen molar-refractivity contribution >= 4 is 63.9 Å². The van der Waals surface area contributed by atoms with Crippen molar-refractivity contribution < 1.29 is 29.0 Å². The highest BCUT2D eigenvalue weighted by molar-refractivity contribution is 7.13. The molecule has 19 heteroatoms. The molecule has 2 aliphatic heterocycles. The number of aliphatic hydroxyl groups excluding tert-OH is 1. The number of aliphatic hydroxyl groups is 1. The molecular formula is C45H55ClN10O7S. The number of β-amino-alcohol motifs (C(OH)–C–C–N with tert-alkyl or cyclic N) is 1. The molecule has 1 unspecified atom stereocenters. The number of nitrogens with zero attached hydrogens (tertiary/aromatic N) is 5. The lowest BCUT2D eigenvalue weighted by molar-refractivity contribution is -0.144. The Labute approximate surface area is 380 Å². The second kappa shape index (κ2) is 18.2. The lowest BCUT2D eigenvalue weighted by Crippen LogP contribution is -2.57. The van der Waals surface area contributed by atoms with Crippen molar-refractivity contribution in [3.8, 4) is 10.4 Å². The average molecular weight is 916 g/mol. The van der Waals surface area contributed by atoms with E-state index in [0.717, 1.165) is 34.5 Å². The van der Waals surface area contributed by atoms with E-state index in [4.69, 9.17) is 16.3 Å². The quantitative estimate of drug-likeness (QED) is 0.0883. The Hall–Kier alpha value is -5.43. The maximum atomic E-state index is 14.0. The molecule has 64 heavy (non-hydrogen) atoms. The summed E-state index contributed by atoms with van der Waals surface area (Å²) >= 11 is 8.17. The maximum Gasteiger partial charge on any atom is 0.276 e. The number of thiazole rings is 1. The van der Waals surface area contributed by atoms with Gasteiger partial charge in [0.25, 0.3) is 11.5 Å². The standard InChI is InChI=1S/C45H55ClN10O7S/c1-26-37(64-25-51-26)28-7-5-27(6-8-28)22-48-39(59)32-19-29(57)23-55(32)42(62)38(43(2,3)4)53-35(58)9-17-63-18-16-47-33-21-34(50-24-49-33)52-31-20-30(46)36-40(60)54-45(56(36)41(31)61)14-12-44(10-11-44)13-15-45/h5-8,20-21,24-25,29,32,38,57H,9-19,22-23H2,1-4H3,(H,48,59)(H,53,58)(H,54,60)(H2,47,49,50,52)/t29-,32?,38-/m1/s1. The number of ether oxygens (including phenoxy) is 1. The SMILES string of the molecule is Cc1ncsc1-c1ccc(CNC(=O)C2C[C@@H](O)CN2C(=O)[C@@H](NC(=O)CCOCCNc2cc(Nc3cc(Cl)c4n(c3=O)C3(CCC5(CC5)CC3)NC4=O)ncn2)C(C)(C)C)cc1. The molecule has 2 saturated carbocycles. The molecule has 3 aromatic heterocycles. The first-order valence-corrected chi connectivity index (χ1v) is 23.0. The van der Waals surface area contributed by atoms with Gasteiger partial charge in [0.1, 0.15) is 47.1 Å².